The Hall–Kier alpha value is -5.54. The van der Waals surface area contributed by atoms with E-state index in [9.17, 15) is 0 Å². The van der Waals surface area contributed by atoms with Gasteiger partial charge in [0.05, 0.1) is 5.69 Å². The molecule has 0 spiro atoms. The van der Waals surface area contributed by atoms with Crippen LogP contribution in [0.3, 0.4) is 0 Å². The second kappa shape index (κ2) is 14.0. The Morgan fingerprint density at radius 2 is 1.25 bits per heavy atom. The number of aryl methyl sites for hydroxylation is 1. The SMILES string of the molecule is CCCCCc1cc(-c2cc3c(cc2Nc2ccc(-c4ccccc4)cc2)C(C)(C)CCC3(C)C)c2c(c1)N1c3cc4ccccc4cc3C(C)(C)c3cccc(c31)[B]2. The lowest BCUT2D eigenvalue weighted by Gasteiger charge is -2.46. The topological polar surface area (TPSA) is 15.3 Å². The average Bonchev–Trinajstić information content (AvgIpc) is 3.24. The predicted molar refractivity (Wildman–Crippen MR) is 255 cm³/mol. The van der Waals surface area contributed by atoms with Crippen molar-refractivity contribution in [2.24, 2.45) is 0 Å². The first kappa shape index (κ1) is 37.7. The van der Waals surface area contributed by atoms with E-state index < -0.39 is 0 Å². The largest absolute Gasteiger partial charge is 0.355 e. The zero-order valence-corrected chi connectivity index (χ0v) is 36.0. The van der Waals surface area contributed by atoms with Gasteiger partial charge in [-0.2, -0.15) is 0 Å². The smallest absolute Gasteiger partial charge is 0.197 e. The maximum atomic E-state index is 4.03. The molecule has 10 rings (SSSR count). The van der Waals surface area contributed by atoms with E-state index in [0.717, 1.165) is 12.1 Å². The molecule has 2 aliphatic heterocycles. The molecule has 0 amide bonds. The molecule has 1 N–H and O–H groups in total. The van der Waals surface area contributed by atoms with E-state index >= 15 is 0 Å². The number of rotatable bonds is 8. The molecule has 59 heavy (non-hydrogen) atoms. The second-order valence-corrected chi connectivity index (χ2v) is 19.4. The first-order valence-electron chi connectivity index (χ1n) is 22.0. The summed E-state index contributed by atoms with van der Waals surface area (Å²) in [4.78, 5) is 2.64. The third kappa shape index (κ3) is 6.31. The molecule has 3 aliphatic rings. The number of fused-ring (bicyclic) bond motifs is 6. The van der Waals surface area contributed by atoms with Gasteiger partial charge < -0.3 is 10.2 Å². The Morgan fingerprint density at radius 1 is 0.576 bits per heavy atom. The molecule has 1 radical (unpaired) electrons. The van der Waals surface area contributed by atoms with Crippen molar-refractivity contribution in [1.82, 2.24) is 0 Å². The van der Waals surface area contributed by atoms with Gasteiger partial charge in [0.1, 0.15) is 0 Å². The lowest BCUT2D eigenvalue weighted by molar-refractivity contribution is 0.332. The third-order valence-electron chi connectivity index (χ3n) is 14.1. The van der Waals surface area contributed by atoms with Gasteiger partial charge in [-0.1, -0.05) is 158 Å². The van der Waals surface area contributed by atoms with Crippen LogP contribution in [-0.4, -0.2) is 7.28 Å². The number of nitrogens with zero attached hydrogens (tertiary/aromatic N) is 1. The molecule has 7 aromatic rings. The number of benzene rings is 7. The fourth-order valence-electron chi connectivity index (χ4n) is 10.5. The molecule has 3 heteroatoms. The summed E-state index contributed by atoms with van der Waals surface area (Å²) in [5.41, 5.74) is 20.9. The zero-order valence-electron chi connectivity index (χ0n) is 36.0. The van der Waals surface area contributed by atoms with Crippen molar-refractivity contribution in [1.29, 1.82) is 0 Å². The molecule has 0 saturated heterocycles. The van der Waals surface area contributed by atoms with E-state index in [2.05, 4.69) is 199 Å². The first-order valence-corrected chi connectivity index (χ1v) is 22.0. The molecule has 0 aromatic heterocycles. The fourth-order valence-corrected chi connectivity index (χ4v) is 10.5. The van der Waals surface area contributed by atoms with Crippen molar-refractivity contribution in [3.63, 3.8) is 0 Å². The van der Waals surface area contributed by atoms with E-state index in [-0.39, 0.29) is 16.2 Å². The van der Waals surface area contributed by atoms with Crippen LogP contribution in [0.1, 0.15) is 108 Å². The van der Waals surface area contributed by atoms with E-state index in [1.54, 1.807) is 0 Å². The van der Waals surface area contributed by atoms with Gasteiger partial charge in [0.2, 0.25) is 0 Å². The Labute approximate surface area is 353 Å². The van der Waals surface area contributed by atoms with Crippen LogP contribution in [-0.2, 0) is 22.7 Å². The van der Waals surface area contributed by atoms with Gasteiger partial charge in [0.25, 0.3) is 0 Å². The van der Waals surface area contributed by atoms with E-state index in [4.69, 9.17) is 0 Å². The number of unbranched alkanes of at least 4 members (excludes halogenated alkanes) is 2. The molecular formula is C56H56BN2. The monoisotopic (exact) mass is 767 g/mol. The summed E-state index contributed by atoms with van der Waals surface area (Å²) in [5, 5.41) is 6.60. The van der Waals surface area contributed by atoms with E-state index in [1.807, 2.05) is 0 Å². The van der Waals surface area contributed by atoms with Crippen molar-refractivity contribution in [3.8, 4) is 22.3 Å². The van der Waals surface area contributed by atoms with Crippen molar-refractivity contribution in [3.05, 3.63) is 161 Å². The summed E-state index contributed by atoms with van der Waals surface area (Å²) < 4.78 is 0. The molecule has 0 unspecified atom stereocenters. The van der Waals surface area contributed by atoms with E-state index in [0.29, 0.717) is 0 Å². The van der Waals surface area contributed by atoms with Crippen LogP contribution in [0.15, 0.2) is 133 Å². The lowest BCUT2D eigenvalue weighted by atomic mass is 9.55. The van der Waals surface area contributed by atoms with Crippen LogP contribution >= 0.6 is 0 Å². The number of para-hydroxylation sites is 1. The summed E-state index contributed by atoms with van der Waals surface area (Å²) >= 11 is 0. The normalized spacial score (nSPS) is 16.4. The minimum Gasteiger partial charge on any atom is -0.355 e. The van der Waals surface area contributed by atoms with Gasteiger partial charge in [-0.25, -0.2) is 0 Å². The third-order valence-corrected chi connectivity index (χ3v) is 14.1. The minimum absolute atomic E-state index is 0.0674. The lowest BCUT2D eigenvalue weighted by Crippen LogP contribution is -2.45. The van der Waals surface area contributed by atoms with Crippen LogP contribution in [0.5, 0.6) is 0 Å². The Morgan fingerprint density at radius 3 is 1.98 bits per heavy atom. The summed E-state index contributed by atoms with van der Waals surface area (Å²) in [7, 11) is 2.50. The highest BCUT2D eigenvalue weighted by Crippen LogP contribution is 2.54. The first-order chi connectivity index (χ1) is 28.4. The quantitative estimate of drug-likeness (QED) is 0.122. The summed E-state index contributed by atoms with van der Waals surface area (Å²) in [6.45, 7) is 16.9. The van der Waals surface area contributed by atoms with Crippen LogP contribution in [0.4, 0.5) is 28.4 Å². The number of hydrogen-bond acceptors (Lipinski definition) is 2. The highest BCUT2D eigenvalue weighted by atomic mass is 15.2. The molecule has 293 valence electrons. The zero-order chi connectivity index (χ0) is 40.7. The Bertz CT molecular complexity index is 2760. The summed E-state index contributed by atoms with van der Waals surface area (Å²) in [6, 6.07) is 50.6. The number of anilines is 5. The molecule has 0 fully saturated rings. The molecule has 0 saturated carbocycles. The van der Waals surface area contributed by atoms with Crippen LogP contribution < -0.4 is 21.1 Å². The number of hydrogen-bond donors (Lipinski definition) is 1. The Balaban J connectivity index is 1.22. The predicted octanol–water partition coefficient (Wildman–Crippen LogP) is 14.1. The highest BCUT2D eigenvalue weighted by molar-refractivity contribution is 6.73. The molecule has 2 nitrogen and oxygen atoms in total. The van der Waals surface area contributed by atoms with Crippen LogP contribution in [0, 0.1) is 0 Å². The minimum atomic E-state index is -0.155. The van der Waals surface area contributed by atoms with Crippen LogP contribution in [0.25, 0.3) is 33.0 Å². The Kier molecular flexibility index (Phi) is 8.98. The van der Waals surface area contributed by atoms with E-state index in [1.165, 1.54) is 127 Å². The van der Waals surface area contributed by atoms with Gasteiger partial charge in [-0.05, 0) is 140 Å². The van der Waals surface area contributed by atoms with Gasteiger partial charge >= 0.3 is 0 Å². The van der Waals surface area contributed by atoms with Gasteiger partial charge in [0, 0.05) is 33.7 Å². The molecule has 0 bridgehead atoms. The average molecular weight is 768 g/mol. The van der Waals surface area contributed by atoms with Crippen molar-refractivity contribution >= 4 is 57.4 Å². The standard InChI is InChI=1S/C56H56BN2/c1-8-9-11-17-36-30-43(52-51(31-36)59-50-33-40-21-15-14-20-39(40)32-47(50)56(6,7)44-22-16-23-48(57-52)53(44)59)42-34-45-46(55(4,5)29-28-54(45,2)3)35-49(42)58-41-26-24-38(25-27-41)37-18-12-10-13-19-37/h10,12-16,18-27,30-35,58H,8-9,11,17,28-29H2,1-7H3. The molecule has 2 heterocycles. The molecule has 1 aliphatic carbocycles. The molecule has 0 atom stereocenters. The fraction of sp³-hybridized carbons (Fsp3) is 0.286. The van der Waals surface area contributed by atoms with Gasteiger partial charge in [0.15, 0.2) is 7.28 Å². The highest BCUT2D eigenvalue weighted by Gasteiger charge is 2.42. The summed E-state index contributed by atoms with van der Waals surface area (Å²) in [6.07, 6.45) is 7.01. The van der Waals surface area contributed by atoms with Gasteiger partial charge in [-0.15, -0.1) is 0 Å². The van der Waals surface area contributed by atoms with Crippen LogP contribution in [0.2, 0.25) is 0 Å². The van der Waals surface area contributed by atoms with Crippen molar-refractivity contribution in [2.45, 2.75) is 103 Å². The molecular weight excluding hydrogens is 711 g/mol. The molecule has 7 aromatic carbocycles. The van der Waals surface area contributed by atoms with Crippen molar-refractivity contribution in [2.75, 3.05) is 10.2 Å². The van der Waals surface area contributed by atoms with Crippen molar-refractivity contribution < 1.29 is 0 Å². The maximum Gasteiger partial charge on any atom is 0.197 e. The summed E-state index contributed by atoms with van der Waals surface area (Å²) in [5.74, 6) is 0. The van der Waals surface area contributed by atoms with Gasteiger partial charge in [-0.3, -0.25) is 0 Å². The second-order valence-electron chi connectivity index (χ2n) is 19.4. The number of nitrogens with one attached hydrogen (secondary N) is 1. The maximum absolute atomic E-state index is 4.03.